The minimum Gasteiger partial charge on any atom is -0.339 e. The Bertz CT molecular complexity index is 699. The van der Waals surface area contributed by atoms with E-state index in [1.54, 1.807) is 18.2 Å². The van der Waals surface area contributed by atoms with Crippen LogP contribution in [-0.2, 0) is 10.0 Å². The smallest absolute Gasteiger partial charge is 0.266 e. The molecule has 1 fully saturated rings. The second-order valence-corrected chi connectivity index (χ2v) is 7.94. The molecule has 2 aliphatic rings. The maximum atomic E-state index is 12.9. The van der Waals surface area contributed by atoms with Crippen molar-refractivity contribution in [3.8, 4) is 0 Å². The van der Waals surface area contributed by atoms with Gasteiger partial charge in [-0.2, -0.15) is 0 Å². The lowest BCUT2D eigenvalue weighted by atomic mass is 10.3. The van der Waals surface area contributed by atoms with E-state index in [0.717, 1.165) is 32.7 Å². The highest BCUT2D eigenvalue weighted by atomic mass is 35.5. The topological polar surface area (TPSA) is 56.2 Å². The van der Waals surface area contributed by atoms with Crippen molar-refractivity contribution in [2.24, 2.45) is 4.99 Å². The monoisotopic (exact) mass is 356 g/mol. The highest BCUT2D eigenvalue weighted by molar-refractivity contribution is 7.89. The van der Waals surface area contributed by atoms with E-state index in [-0.39, 0.29) is 4.90 Å². The molecule has 3 rings (SSSR count). The molecule has 1 aromatic carbocycles. The zero-order chi connectivity index (χ0) is 16.4. The molecule has 0 saturated carbocycles. The van der Waals surface area contributed by atoms with Crippen LogP contribution in [0.5, 0.6) is 0 Å². The zero-order valence-corrected chi connectivity index (χ0v) is 14.7. The number of guanidine groups is 1. The van der Waals surface area contributed by atoms with Gasteiger partial charge in [-0.15, -0.1) is 0 Å². The predicted octanol–water partition coefficient (Wildman–Crippen LogP) is 1.34. The van der Waals surface area contributed by atoms with Gasteiger partial charge in [0, 0.05) is 31.2 Å². The Hall–Kier alpha value is -1.31. The molecule has 8 heteroatoms. The number of piperazine rings is 1. The van der Waals surface area contributed by atoms with Gasteiger partial charge in [-0.25, -0.2) is 12.7 Å². The molecule has 126 valence electrons. The molecule has 23 heavy (non-hydrogen) atoms. The summed E-state index contributed by atoms with van der Waals surface area (Å²) in [6.45, 7) is 7.51. The number of halogens is 1. The summed E-state index contributed by atoms with van der Waals surface area (Å²) in [6, 6.07) is 6.39. The van der Waals surface area contributed by atoms with Crippen LogP contribution in [0.4, 0.5) is 0 Å². The van der Waals surface area contributed by atoms with E-state index in [1.165, 1.54) is 10.4 Å². The van der Waals surface area contributed by atoms with Gasteiger partial charge >= 0.3 is 0 Å². The second-order valence-electron chi connectivity index (χ2n) is 5.64. The minimum absolute atomic E-state index is 0.215. The molecular weight excluding hydrogens is 336 g/mol. The van der Waals surface area contributed by atoms with E-state index in [0.29, 0.717) is 24.1 Å². The Morgan fingerprint density at radius 1 is 1.17 bits per heavy atom. The number of aliphatic imine (C=N–C) groups is 1. The molecular formula is C15H21ClN4O2S. The number of likely N-dealkylation sites (N-methyl/N-ethyl adjacent to an activating group) is 1. The van der Waals surface area contributed by atoms with Gasteiger partial charge < -0.3 is 9.80 Å². The quantitative estimate of drug-likeness (QED) is 0.820. The Morgan fingerprint density at radius 2 is 1.91 bits per heavy atom. The summed E-state index contributed by atoms with van der Waals surface area (Å²) in [6.07, 6.45) is 0. The molecule has 0 N–H and O–H groups in total. The van der Waals surface area contributed by atoms with Crippen molar-refractivity contribution in [1.82, 2.24) is 14.1 Å². The van der Waals surface area contributed by atoms with Gasteiger partial charge in [0.15, 0.2) is 0 Å². The molecule has 2 aliphatic heterocycles. The third-order valence-corrected chi connectivity index (χ3v) is 6.28. The Labute approximate surface area is 142 Å². The molecule has 0 bridgehead atoms. The van der Waals surface area contributed by atoms with Crippen LogP contribution in [0.3, 0.4) is 0 Å². The Morgan fingerprint density at radius 3 is 2.57 bits per heavy atom. The number of sulfonamides is 1. The summed E-state index contributed by atoms with van der Waals surface area (Å²) >= 11 is 5.95. The first-order valence-corrected chi connectivity index (χ1v) is 9.64. The first-order chi connectivity index (χ1) is 11.0. The molecule has 1 aromatic rings. The van der Waals surface area contributed by atoms with Crippen molar-refractivity contribution in [3.63, 3.8) is 0 Å². The van der Waals surface area contributed by atoms with Crippen molar-refractivity contribution >= 4 is 27.6 Å². The van der Waals surface area contributed by atoms with Gasteiger partial charge in [0.2, 0.25) is 5.96 Å². The lowest BCUT2D eigenvalue weighted by molar-refractivity contribution is 0.184. The van der Waals surface area contributed by atoms with E-state index >= 15 is 0 Å². The average molecular weight is 357 g/mol. The van der Waals surface area contributed by atoms with E-state index < -0.39 is 10.0 Å². The molecule has 0 unspecified atom stereocenters. The van der Waals surface area contributed by atoms with E-state index in [1.807, 2.05) is 0 Å². The van der Waals surface area contributed by atoms with Gasteiger partial charge in [0.25, 0.3) is 10.0 Å². The molecule has 0 aliphatic carbocycles. The summed E-state index contributed by atoms with van der Waals surface area (Å²) in [4.78, 5) is 9.08. The lowest BCUT2D eigenvalue weighted by Crippen LogP contribution is -2.53. The third kappa shape index (κ3) is 3.32. The van der Waals surface area contributed by atoms with Crippen LogP contribution in [0.2, 0.25) is 5.02 Å². The van der Waals surface area contributed by atoms with Crippen LogP contribution in [-0.4, -0.2) is 74.3 Å². The van der Waals surface area contributed by atoms with Crippen molar-refractivity contribution < 1.29 is 8.42 Å². The van der Waals surface area contributed by atoms with Gasteiger partial charge in [-0.05, 0) is 24.7 Å². The van der Waals surface area contributed by atoms with Crippen molar-refractivity contribution in [1.29, 1.82) is 0 Å². The average Bonchev–Trinajstić information content (AvgIpc) is 3.05. The number of hydrogen-bond acceptors (Lipinski definition) is 5. The Balaban J connectivity index is 1.81. The molecule has 0 amide bonds. The van der Waals surface area contributed by atoms with E-state index in [4.69, 9.17) is 11.6 Å². The van der Waals surface area contributed by atoms with E-state index in [2.05, 4.69) is 21.7 Å². The van der Waals surface area contributed by atoms with Crippen molar-refractivity contribution in [2.75, 3.05) is 45.8 Å². The molecule has 6 nitrogen and oxygen atoms in total. The van der Waals surface area contributed by atoms with Crippen LogP contribution in [0, 0.1) is 0 Å². The summed E-state index contributed by atoms with van der Waals surface area (Å²) in [5, 5.41) is 0.417. The zero-order valence-electron chi connectivity index (χ0n) is 13.2. The van der Waals surface area contributed by atoms with Crippen LogP contribution in [0.1, 0.15) is 6.92 Å². The fourth-order valence-electron chi connectivity index (χ4n) is 2.92. The largest absolute Gasteiger partial charge is 0.339 e. The normalized spacial score (nSPS) is 20.0. The van der Waals surface area contributed by atoms with E-state index in [9.17, 15) is 8.42 Å². The van der Waals surface area contributed by atoms with Gasteiger partial charge in [-0.3, -0.25) is 4.99 Å². The van der Waals surface area contributed by atoms with Crippen molar-refractivity contribution in [2.45, 2.75) is 11.8 Å². The first kappa shape index (κ1) is 16.5. The molecule has 0 spiro atoms. The summed E-state index contributed by atoms with van der Waals surface area (Å²) in [7, 11) is -3.62. The minimum atomic E-state index is -3.62. The maximum Gasteiger partial charge on any atom is 0.266 e. The molecule has 2 heterocycles. The van der Waals surface area contributed by atoms with Gasteiger partial charge in [0.1, 0.15) is 0 Å². The first-order valence-electron chi connectivity index (χ1n) is 7.82. The standard InChI is InChI=1S/C15H21ClN4O2S/c1-2-18-8-10-19(11-9-18)15-17-6-7-20(15)23(21,22)14-5-3-4-13(16)12-14/h3-5,12H,2,6-11H2,1H3. The molecule has 1 saturated heterocycles. The van der Waals surface area contributed by atoms with Crippen LogP contribution in [0.15, 0.2) is 34.2 Å². The fourth-order valence-corrected chi connectivity index (χ4v) is 4.67. The third-order valence-electron chi connectivity index (χ3n) is 4.27. The highest BCUT2D eigenvalue weighted by Crippen LogP contribution is 2.23. The summed E-state index contributed by atoms with van der Waals surface area (Å²) in [5.74, 6) is 0.570. The number of hydrogen-bond donors (Lipinski definition) is 0. The number of benzene rings is 1. The number of nitrogens with zero attached hydrogens (tertiary/aromatic N) is 4. The predicted molar refractivity (Wildman–Crippen MR) is 91.3 cm³/mol. The van der Waals surface area contributed by atoms with Gasteiger partial charge in [-0.1, -0.05) is 24.6 Å². The second kappa shape index (κ2) is 6.67. The Kier molecular flexibility index (Phi) is 4.79. The maximum absolute atomic E-state index is 12.9. The van der Waals surface area contributed by atoms with Crippen LogP contribution < -0.4 is 0 Å². The number of rotatable bonds is 3. The highest BCUT2D eigenvalue weighted by Gasteiger charge is 2.34. The van der Waals surface area contributed by atoms with Crippen LogP contribution in [0.25, 0.3) is 0 Å². The SMILES string of the molecule is CCN1CCN(C2=NCCN2S(=O)(=O)c2cccc(Cl)c2)CC1. The summed E-state index contributed by atoms with van der Waals surface area (Å²) < 4.78 is 27.2. The molecule has 0 atom stereocenters. The molecule has 0 radical (unpaired) electrons. The van der Waals surface area contributed by atoms with Gasteiger partial charge in [0.05, 0.1) is 18.0 Å². The summed E-state index contributed by atoms with van der Waals surface area (Å²) in [5.41, 5.74) is 0. The van der Waals surface area contributed by atoms with Crippen molar-refractivity contribution in [3.05, 3.63) is 29.3 Å². The van der Waals surface area contributed by atoms with Crippen LogP contribution >= 0.6 is 11.6 Å². The lowest BCUT2D eigenvalue weighted by Gasteiger charge is -2.37. The molecule has 0 aromatic heterocycles. The fraction of sp³-hybridized carbons (Fsp3) is 0.533.